The minimum atomic E-state index is -0.935. The molecule has 1 N–H and O–H groups in total. The molecule has 0 fully saturated rings. The first kappa shape index (κ1) is 14.7. The fraction of sp³-hybridized carbons (Fsp3) is 0.286. The van der Waals surface area contributed by atoms with Crippen molar-refractivity contribution in [3.63, 3.8) is 0 Å². The van der Waals surface area contributed by atoms with Crippen LogP contribution in [-0.2, 0) is 16.1 Å². The van der Waals surface area contributed by atoms with E-state index in [0.29, 0.717) is 11.5 Å². The van der Waals surface area contributed by atoms with Gasteiger partial charge in [-0.25, -0.2) is 9.78 Å². The lowest BCUT2D eigenvalue weighted by Gasteiger charge is -2.12. The molecule has 0 aliphatic rings. The summed E-state index contributed by atoms with van der Waals surface area (Å²) in [5, 5.41) is 2.60. The molecule has 0 spiro atoms. The van der Waals surface area contributed by atoms with Gasteiger partial charge in [0.1, 0.15) is 5.76 Å². The van der Waals surface area contributed by atoms with Gasteiger partial charge in [-0.05, 0) is 26.0 Å². The molecule has 0 radical (unpaired) electrons. The smallest absolute Gasteiger partial charge is 0.359 e. The van der Waals surface area contributed by atoms with Crippen molar-refractivity contribution in [3.8, 4) is 0 Å². The number of carbonyl (C=O) groups excluding carboxylic acids is 2. The van der Waals surface area contributed by atoms with Crippen molar-refractivity contribution in [3.05, 3.63) is 47.9 Å². The molecule has 0 unspecified atom stereocenters. The van der Waals surface area contributed by atoms with Gasteiger partial charge in [0.15, 0.2) is 11.8 Å². The number of carbonyl (C=O) groups is 2. The van der Waals surface area contributed by atoms with Crippen LogP contribution in [0.15, 0.2) is 35.2 Å². The Morgan fingerprint density at radius 1 is 1.38 bits per heavy atom. The number of furan rings is 1. The quantitative estimate of drug-likeness (QED) is 0.832. The summed E-state index contributed by atoms with van der Waals surface area (Å²) in [6.45, 7) is 3.47. The highest BCUT2D eigenvalue weighted by Gasteiger charge is 2.19. The molecule has 110 valence electrons. The normalized spacial score (nSPS) is 11.7. The van der Waals surface area contributed by atoms with E-state index in [-0.39, 0.29) is 12.2 Å². The average molecular weight is 289 g/mol. The van der Waals surface area contributed by atoms with Gasteiger partial charge in [-0.3, -0.25) is 9.78 Å². The van der Waals surface area contributed by atoms with Crippen LogP contribution in [0.25, 0.3) is 0 Å². The van der Waals surface area contributed by atoms with Crippen LogP contribution in [0.4, 0.5) is 0 Å². The molecule has 7 heteroatoms. The van der Waals surface area contributed by atoms with Crippen LogP contribution in [0.3, 0.4) is 0 Å². The van der Waals surface area contributed by atoms with E-state index in [1.54, 1.807) is 19.1 Å². The van der Waals surface area contributed by atoms with Gasteiger partial charge in [0, 0.05) is 6.20 Å². The number of nitrogens with zero attached hydrogens (tertiary/aromatic N) is 2. The zero-order chi connectivity index (χ0) is 15.2. The van der Waals surface area contributed by atoms with Crippen LogP contribution in [0, 0.1) is 6.92 Å². The zero-order valence-electron chi connectivity index (χ0n) is 11.7. The van der Waals surface area contributed by atoms with Crippen molar-refractivity contribution in [2.24, 2.45) is 0 Å². The van der Waals surface area contributed by atoms with Crippen molar-refractivity contribution in [1.82, 2.24) is 15.3 Å². The molecule has 1 amide bonds. The molecular formula is C14H15N3O4. The van der Waals surface area contributed by atoms with E-state index in [9.17, 15) is 9.59 Å². The fourth-order valence-corrected chi connectivity index (χ4v) is 1.50. The van der Waals surface area contributed by atoms with E-state index >= 15 is 0 Å². The Bertz CT molecular complexity index is 608. The van der Waals surface area contributed by atoms with Crippen molar-refractivity contribution >= 4 is 11.9 Å². The summed E-state index contributed by atoms with van der Waals surface area (Å²) >= 11 is 0. The fourth-order valence-electron chi connectivity index (χ4n) is 1.50. The number of esters is 1. The molecule has 7 nitrogen and oxygen atoms in total. The Kier molecular flexibility index (Phi) is 4.65. The predicted molar refractivity (Wildman–Crippen MR) is 72.2 cm³/mol. The van der Waals surface area contributed by atoms with Crippen molar-refractivity contribution in [1.29, 1.82) is 0 Å². The maximum absolute atomic E-state index is 11.8. The van der Waals surface area contributed by atoms with Gasteiger partial charge in [-0.1, -0.05) is 0 Å². The molecule has 2 aromatic heterocycles. The monoisotopic (exact) mass is 289 g/mol. The summed E-state index contributed by atoms with van der Waals surface area (Å²) in [6.07, 6.45) is 3.35. The number of hydrogen-bond acceptors (Lipinski definition) is 6. The van der Waals surface area contributed by atoms with Crippen molar-refractivity contribution in [2.75, 3.05) is 0 Å². The number of ether oxygens (including phenoxy) is 1. The van der Waals surface area contributed by atoms with Crippen LogP contribution in [0.5, 0.6) is 0 Å². The van der Waals surface area contributed by atoms with Gasteiger partial charge >= 0.3 is 5.97 Å². The Labute approximate surface area is 121 Å². The minimum Gasteiger partial charge on any atom is -0.467 e. The molecule has 0 saturated carbocycles. The number of aryl methyl sites for hydroxylation is 1. The first-order chi connectivity index (χ1) is 10.1. The number of amides is 1. The van der Waals surface area contributed by atoms with Crippen LogP contribution < -0.4 is 5.32 Å². The summed E-state index contributed by atoms with van der Waals surface area (Å²) in [5.74, 6) is -0.491. The van der Waals surface area contributed by atoms with E-state index in [0.717, 1.165) is 0 Å². The summed E-state index contributed by atoms with van der Waals surface area (Å²) in [6, 6.07) is 3.46. The average Bonchev–Trinajstić information content (AvgIpc) is 2.98. The predicted octanol–water partition coefficient (Wildman–Crippen LogP) is 1.24. The largest absolute Gasteiger partial charge is 0.467 e. The van der Waals surface area contributed by atoms with E-state index in [2.05, 4.69) is 15.3 Å². The highest BCUT2D eigenvalue weighted by atomic mass is 16.5. The SMILES string of the molecule is Cc1cnc(C(=O)O[C@@H](C)C(=O)NCc2ccco2)cn1. The van der Waals surface area contributed by atoms with Crippen molar-refractivity contribution < 1.29 is 18.7 Å². The van der Waals surface area contributed by atoms with Gasteiger partial charge in [0.2, 0.25) is 0 Å². The Balaban J connectivity index is 1.85. The zero-order valence-corrected chi connectivity index (χ0v) is 11.7. The lowest BCUT2D eigenvalue weighted by molar-refractivity contribution is -0.129. The molecule has 0 aliphatic heterocycles. The third-order valence-electron chi connectivity index (χ3n) is 2.66. The van der Waals surface area contributed by atoms with Crippen LogP contribution in [0.2, 0.25) is 0 Å². The highest BCUT2D eigenvalue weighted by molar-refractivity contribution is 5.90. The lowest BCUT2D eigenvalue weighted by atomic mass is 10.3. The van der Waals surface area contributed by atoms with Crippen LogP contribution in [-0.4, -0.2) is 27.9 Å². The van der Waals surface area contributed by atoms with E-state index in [4.69, 9.17) is 9.15 Å². The Morgan fingerprint density at radius 3 is 2.81 bits per heavy atom. The van der Waals surface area contributed by atoms with E-state index < -0.39 is 18.0 Å². The molecule has 1 atom stereocenters. The van der Waals surface area contributed by atoms with E-state index in [1.807, 2.05) is 0 Å². The molecule has 21 heavy (non-hydrogen) atoms. The van der Waals surface area contributed by atoms with Gasteiger partial charge < -0.3 is 14.5 Å². The topological polar surface area (TPSA) is 94.3 Å². The van der Waals surface area contributed by atoms with Gasteiger partial charge in [0.25, 0.3) is 5.91 Å². The first-order valence-corrected chi connectivity index (χ1v) is 6.36. The summed E-state index contributed by atoms with van der Waals surface area (Å²) in [5.41, 5.74) is 0.752. The van der Waals surface area contributed by atoms with Crippen LogP contribution in [0.1, 0.15) is 28.9 Å². The molecule has 2 aromatic rings. The van der Waals surface area contributed by atoms with Gasteiger partial charge in [-0.2, -0.15) is 0 Å². The minimum absolute atomic E-state index is 0.0614. The summed E-state index contributed by atoms with van der Waals surface area (Å²) < 4.78 is 10.1. The highest BCUT2D eigenvalue weighted by Crippen LogP contribution is 2.03. The Morgan fingerprint density at radius 2 is 2.19 bits per heavy atom. The standard InChI is InChI=1S/C14H15N3O4/c1-9-6-16-12(8-15-9)14(19)21-10(2)13(18)17-7-11-4-3-5-20-11/h3-6,8,10H,7H2,1-2H3,(H,17,18)/t10-/m0/s1. The first-order valence-electron chi connectivity index (χ1n) is 6.36. The molecular weight excluding hydrogens is 274 g/mol. The third kappa shape index (κ3) is 4.13. The molecule has 0 bridgehead atoms. The number of nitrogens with one attached hydrogen (secondary N) is 1. The lowest BCUT2D eigenvalue weighted by Crippen LogP contribution is -2.35. The number of rotatable bonds is 5. The molecule has 2 heterocycles. The summed E-state index contributed by atoms with van der Waals surface area (Å²) in [4.78, 5) is 31.4. The maximum Gasteiger partial charge on any atom is 0.359 e. The van der Waals surface area contributed by atoms with Gasteiger partial charge in [0.05, 0.1) is 24.7 Å². The second-order valence-electron chi connectivity index (χ2n) is 4.39. The van der Waals surface area contributed by atoms with Crippen LogP contribution >= 0.6 is 0 Å². The Hall–Kier alpha value is -2.70. The van der Waals surface area contributed by atoms with Gasteiger partial charge in [-0.15, -0.1) is 0 Å². The molecule has 0 saturated heterocycles. The number of aromatic nitrogens is 2. The molecule has 0 aromatic carbocycles. The van der Waals surface area contributed by atoms with Crippen molar-refractivity contribution in [2.45, 2.75) is 26.5 Å². The summed E-state index contributed by atoms with van der Waals surface area (Å²) in [7, 11) is 0. The maximum atomic E-state index is 11.8. The number of hydrogen-bond donors (Lipinski definition) is 1. The second-order valence-corrected chi connectivity index (χ2v) is 4.39. The third-order valence-corrected chi connectivity index (χ3v) is 2.66. The molecule has 2 rings (SSSR count). The van der Waals surface area contributed by atoms with E-state index in [1.165, 1.54) is 25.6 Å². The molecule has 0 aliphatic carbocycles. The second kappa shape index (κ2) is 6.65.